The fourth-order valence-electron chi connectivity index (χ4n) is 5.62. The Bertz CT molecular complexity index is 1040. The molecule has 1 aromatic carbocycles. The highest BCUT2D eigenvalue weighted by molar-refractivity contribution is 6.04. The number of benzene rings is 1. The maximum Gasteiger partial charge on any atom is 0.253 e. The number of imide groups is 1. The van der Waals surface area contributed by atoms with Gasteiger partial charge in [0.2, 0.25) is 17.7 Å². The largest absolute Gasteiger partial charge is 0.352 e. The molecule has 3 fully saturated rings. The average molecular weight is 453 g/mol. The van der Waals surface area contributed by atoms with E-state index in [0.29, 0.717) is 43.9 Å². The van der Waals surface area contributed by atoms with Gasteiger partial charge in [0.25, 0.3) is 11.8 Å². The third-order valence-corrected chi connectivity index (χ3v) is 7.47. The van der Waals surface area contributed by atoms with Gasteiger partial charge in [-0.25, -0.2) is 0 Å². The Hall–Kier alpha value is -3.23. The number of hydrogen-bond donors (Lipinski definition) is 1. The van der Waals surface area contributed by atoms with Crippen molar-refractivity contribution in [2.75, 3.05) is 39.3 Å². The van der Waals surface area contributed by atoms with E-state index in [0.717, 1.165) is 36.1 Å². The summed E-state index contributed by atoms with van der Waals surface area (Å²) in [5.74, 6) is -1.00. The maximum absolute atomic E-state index is 13.3. The summed E-state index contributed by atoms with van der Waals surface area (Å²) < 4.78 is 0. The topological polar surface area (TPSA) is 107 Å². The van der Waals surface area contributed by atoms with Crippen LogP contribution in [0.1, 0.15) is 58.4 Å². The smallest absolute Gasteiger partial charge is 0.253 e. The summed E-state index contributed by atoms with van der Waals surface area (Å²) in [6.45, 7) is 2.72. The number of rotatable bonds is 3. The molecule has 0 aromatic heterocycles. The van der Waals surface area contributed by atoms with Gasteiger partial charge in [-0.2, -0.15) is 0 Å². The van der Waals surface area contributed by atoms with Gasteiger partial charge in [0.15, 0.2) is 0 Å². The standard InChI is InChI=1S/C24H28N4O5/c29-19-4-5-20(30)28(19)13-21(31)26-11-8-24(14-26)7-1-10-27(15-24)23(33)17-3-2-16-6-9-25-22(32)18(16)12-17/h2-3,12H,1,4-11,13-15H2,(H,25,32). The maximum atomic E-state index is 13.3. The molecule has 3 saturated heterocycles. The molecule has 9 heteroatoms. The molecule has 4 aliphatic heterocycles. The molecule has 1 aromatic rings. The van der Waals surface area contributed by atoms with Crippen LogP contribution in [0.4, 0.5) is 0 Å². The van der Waals surface area contributed by atoms with Crippen LogP contribution in [0.25, 0.3) is 0 Å². The van der Waals surface area contributed by atoms with E-state index < -0.39 is 0 Å². The van der Waals surface area contributed by atoms with Crippen LogP contribution >= 0.6 is 0 Å². The zero-order valence-electron chi connectivity index (χ0n) is 18.6. The van der Waals surface area contributed by atoms with Crippen molar-refractivity contribution in [3.05, 3.63) is 34.9 Å². The van der Waals surface area contributed by atoms with Crippen LogP contribution in [-0.4, -0.2) is 83.5 Å². The van der Waals surface area contributed by atoms with Crippen molar-refractivity contribution in [3.8, 4) is 0 Å². The first-order valence-corrected chi connectivity index (χ1v) is 11.7. The highest BCUT2D eigenvalue weighted by Crippen LogP contribution is 2.39. The molecule has 5 amide bonds. The number of amides is 5. The lowest BCUT2D eigenvalue weighted by Crippen LogP contribution is -2.48. The lowest BCUT2D eigenvalue weighted by Gasteiger charge is -2.40. The Morgan fingerprint density at radius 2 is 1.70 bits per heavy atom. The molecule has 4 heterocycles. The van der Waals surface area contributed by atoms with E-state index in [2.05, 4.69) is 5.32 Å². The van der Waals surface area contributed by atoms with E-state index in [1.807, 2.05) is 11.0 Å². The Labute approximate surface area is 192 Å². The summed E-state index contributed by atoms with van der Waals surface area (Å²) in [6.07, 6.45) is 3.68. The second-order valence-corrected chi connectivity index (χ2v) is 9.65. The highest BCUT2D eigenvalue weighted by Gasteiger charge is 2.44. The minimum atomic E-state index is -0.282. The summed E-state index contributed by atoms with van der Waals surface area (Å²) >= 11 is 0. The number of carbonyl (C=O) groups excluding carboxylic acids is 5. The van der Waals surface area contributed by atoms with Gasteiger partial charge >= 0.3 is 0 Å². The van der Waals surface area contributed by atoms with Crippen molar-refractivity contribution in [3.63, 3.8) is 0 Å². The van der Waals surface area contributed by atoms with Gasteiger partial charge in [0.1, 0.15) is 6.54 Å². The van der Waals surface area contributed by atoms with Gasteiger partial charge in [-0.05, 0) is 43.4 Å². The van der Waals surface area contributed by atoms with Gasteiger partial charge in [-0.1, -0.05) is 6.07 Å². The van der Waals surface area contributed by atoms with Crippen LogP contribution in [-0.2, 0) is 20.8 Å². The molecule has 1 N–H and O–H groups in total. The van der Waals surface area contributed by atoms with Crippen LogP contribution in [0.2, 0.25) is 0 Å². The van der Waals surface area contributed by atoms with E-state index in [-0.39, 0.29) is 54.3 Å². The normalized spacial score (nSPS) is 25.0. The van der Waals surface area contributed by atoms with Crippen molar-refractivity contribution in [1.29, 1.82) is 0 Å². The second kappa shape index (κ2) is 8.28. The molecule has 1 atom stereocenters. The summed E-state index contributed by atoms with van der Waals surface area (Å²) in [5.41, 5.74) is 1.88. The zero-order valence-corrected chi connectivity index (χ0v) is 18.6. The van der Waals surface area contributed by atoms with E-state index in [4.69, 9.17) is 0 Å². The summed E-state index contributed by atoms with van der Waals surface area (Å²) in [6, 6.07) is 5.37. The van der Waals surface area contributed by atoms with Crippen LogP contribution in [0.3, 0.4) is 0 Å². The fourth-order valence-corrected chi connectivity index (χ4v) is 5.62. The average Bonchev–Trinajstić information content (AvgIpc) is 3.37. The molecule has 5 rings (SSSR count). The van der Waals surface area contributed by atoms with Crippen molar-refractivity contribution in [2.24, 2.45) is 5.41 Å². The minimum Gasteiger partial charge on any atom is -0.352 e. The third kappa shape index (κ3) is 4.00. The quantitative estimate of drug-likeness (QED) is 0.675. The number of fused-ring (bicyclic) bond motifs is 1. The monoisotopic (exact) mass is 452 g/mol. The van der Waals surface area contributed by atoms with Gasteiger partial charge < -0.3 is 15.1 Å². The molecular weight excluding hydrogens is 424 g/mol. The van der Waals surface area contributed by atoms with Gasteiger partial charge in [0.05, 0.1) is 0 Å². The first-order chi connectivity index (χ1) is 15.8. The SMILES string of the molecule is O=C1NCCc2ccc(C(=O)N3CCCC4(CCN(C(=O)CN5C(=O)CCC5=O)C4)C3)cc21. The summed E-state index contributed by atoms with van der Waals surface area (Å²) in [4.78, 5) is 66.6. The molecule has 33 heavy (non-hydrogen) atoms. The van der Waals surface area contributed by atoms with Gasteiger partial charge in [0, 0.05) is 62.1 Å². The number of nitrogens with one attached hydrogen (secondary N) is 1. The van der Waals surface area contributed by atoms with Crippen LogP contribution in [0.15, 0.2) is 18.2 Å². The number of hydrogen-bond acceptors (Lipinski definition) is 5. The molecule has 0 bridgehead atoms. The first kappa shape index (κ1) is 21.6. The lowest BCUT2D eigenvalue weighted by molar-refractivity contribution is -0.145. The number of nitrogens with zero attached hydrogens (tertiary/aromatic N) is 3. The van der Waals surface area contributed by atoms with Crippen molar-refractivity contribution >= 4 is 29.5 Å². The van der Waals surface area contributed by atoms with Crippen molar-refractivity contribution < 1.29 is 24.0 Å². The number of carbonyl (C=O) groups is 5. The van der Waals surface area contributed by atoms with Crippen molar-refractivity contribution in [1.82, 2.24) is 20.0 Å². The van der Waals surface area contributed by atoms with E-state index in [9.17, 15) is 24.0 Å². The summed E-state index contributed by atoms with van der Waals surface area (Å²) in [5, 5.41) is 2.82. The third-order valence-electron chi connectivity index (χ3n) is 7.47. The van der Waals surface area contributed by atoms with E-state index in [1.54, 1.807) is 17.0 Å². The predicted molar refractivity (Wildman–Crippen MR) is 117 cm³/mol. The van der Waals surface area contributed by atoms with E-state index >= 15 is 0 Å². The van der Waals surface area contributed by atoms with Gasteiger partial charge in [-0.15, -0.1) is 0 Å². The number of piperidine rings is 1. The molecule has 0 aliphatic carbocycles. The molecule has 4 aliphatic rings. The van der Waals surface area contributed by atoms with E-state index in [1.165, 1.54) is 0 Å². The number of likely N-dealkylation sites (tertiary alicyclic amines) is 3. The molecule has 1 unspecified atom stereocenters. The lowest BCUT2D eigenvalue weighted by atomic mass is 9.79. The highest BCUT2D eigenvalue weighted by atomic mass is 16.2. The predicted octanol–water partition coefficient (Wildman–Crippen LogP) is 0.576. The van der Waals surface area contributed by atoms with Gasteiger partial charge in [-0.3, -0.25) is 28.9 Å². The Kier molecular flexibility index (Phi) is 5.42. The second-order valence-electron chi connectivity index (χ2n) is 9.65. The summed E-state index contributed by atoms with van der Waals surface area (Å²) in [7, 11) is 0. The Balaban J connectivity index is 1.25. The van der Waals surface area contributed by atoms with Crippen LogP contribution < -0.4 is 5.32 Å². The molecule has 0 saturated carbocycles. The van der Waals surface area contributed by atoms with Crippen LogP contribution in [0.5, 0.6) is 0 Å². The fraction of sp³-hybridized carbons (Fsp3) is 0.542. The Morgan fingerprint density at radius 1 is 0.939 bits per heavy atom. The van der Waals surface area contributed by atoms with Crippen molar-refractivity contribution in [2.45, 2.75) is 38.5 Å². The molecule has 9 nitrogen and oxygen atoms in total. The zero-order chi connectivity index (χ0) is 23.2. The Morgan fingerprint density at radius 3 is 2.48 bits per heavy atom. The first-order valence-electron chi connectivity index (χ1n) is 11.7. The molecule has 1 spiro atoms. The molecule has 174 valence electrons. The molecular formula is C24H28N4O5. The molecule has 0 radical (unpaired) electrons. The minimum absolute atomic E-state index is 0.0896. The van der Waals surface area contributed by atoms with Crippen LogP contribution in [0, 0.1) is 5.41 Å².